The number of benzene rings is 1. The number of carbonyl (C=O) groups is 2. The van der Waals surface area contributed by atoms with Crippen molar-refractivity contribution < 1.29 is 23.8 Å². The zero-order valence-corrected chi connectivity index (χ0v) is 11.1. The summed E-state index contributed by atoms with van der Waals surface area (Å²) in [5.74, 6) is -0.397. The second kappa shape index (κ2) is 6.63. The smallest absolute Gasteiger partial charge is 0.339 e. The molecule has 0 aliphatic carbocycles. The molecule has 0 bridgehead atoms. The van der Waals surface area contributed by atoms with E-state index in [0.717, 1.165) is 0 Å². The third-order valence-corrected chi connectivity index (χ3v) is 2.38. The van der Waals surface area contributed by atoms with Gasteiger partial charge in [-0.25, -0.2) is 4.79 Å². The van der Waals surface area contributed by atoms with Gasteiger partial charge in [0.1, 0.15) is 0 Å². The monoisotopic (exact) mass is 267 g/mol. The second-order valence-corrected chi connectivity index (χ2v) is 3.75. The number of methoxy groups -OCH3 is 1. The molecule has 0 radical (unpaired) electrons. The van der Waals surface area contributed by atoms with Crippen molar-refractivity contribution in [3.63, 3.8) is 0 Å². The van der Waals surface area contributed by atoms with E-state index in [4.69, 9.17) is 19.9 Å². The first-order valence-electron chi connectivity index (χ1n) is 5.80. The van der Waals surface area contributed by atoms with Crippen molar-refractivity contribution in [1.82, 2.24) is 0 Å². The molecule has 0 heterocycles. The Bertz CT molecular complexity index is 472. The average molecular weight is 267 g/mol. The van der Waals surface area contributed by atoms with Crippen LogP contribution in [0.4, 0.5) is 0 Å². The molecule has 0 unspecified atom stereocenters. The molecule has 0 aliphatic rings. The highest BCUT2D eigenvalue weighted by Crippen LogP contribution is 2.28. The molecule has 0 saturated heterocycles. The predicted octanol–water partition coefficient (Wildman–Crippen LogP) is 1.12. The number of primary amides is 1. The Balaban J connectivity index is 2.89. The Kier molecular flexibility index (Phi) is 5.17. The van der Waals surface area contributed by atoms with Crippen molar-refractivity contribution in [3.05, 3.63) is 23.8 Å². The first kappa shape index (κ1) is 14.8. The normalized spacial score (nSPS) is 11.5. The summed E-state index contributed by atoms with van der Waals surface area (Å²) in [6.07, 6.45) is -0.981. The largest absolute Gasteiger partial charge is 0.493 e. The lowest BCUT2D eigenvalue weighted by atomic mass is 10.2. The van der Waals surface area contributed by atoms with Gasteiger partial charge < -0.3 is 19.9 Å². The molecular weight excluding hydrogens is 250 g/mol. The minimum Gasteiger partial charge on any atom is -0.493 e. The van der Waals surface area contributed by atoms with E-state index in [1.165, 1.54) is 26.2 Å². The highest BCUT2D eigenvalue weighted by Gasteiger charge is 2.17. The van der Waals surface area contributed by atoms with Gasteiger partial charge in [-0.05, 0) is 32.0 Å². The molecule has 1 aromatic carbocycles. The lowest BCUT2D eigenvalue weighted by Gasteiger charge is -2.12. The van der Waals surface area contributed by atoms with Crippen molar-refractivity contribution in [2.45, 2.75) is 20.0 Å². The zero-order chi connectivity index (χ0) is 14.4. The minimum absolute atomic E-state index is 0.258. The summed E-state index contributed by atoms with van der Waals surface area (Å²) in [7, 11) is 1.47. The first-order chi connectivity index (χ1) is 8.99. The van der Waals surface area contributed by atoms with E-state index in [1.54, 1.807) is 6.07 Å². The van der Waals surface area contributed by atoms with Gasteiger partial charge in [-0.1, -0.05) is 0 Å². The first-order valence-corrected chi connectivity index (χ1v) is 5.80. The number of carbonyl (C=O) groups excluding carboxylic acids is 2. The molecule has 0 spiro atoms. The lowest BCUT2D eigenvalue weighted by Crippen LogP contribution is -2.30. The molecule has 0 fully saturated rings. The molecule has 2 N–H and O–H groups in total. The van der Waals surface area contributed by atoms with Crippen LogP contribution in [0.5, 0.6) is 11.5 Å². The van der Waals surface area contributed by atoms with E-state index < -0.39 is 18.0 Å². The van der Waals surface area contributed by atoms with Gasteiger partial charge in [0.05, 0.1) is 19.3 Å². The summed E-state index contributed by atoms with van der Waals surface area (Å²) in [4.78, 5) is 22.6. The van der Waals surface area contributed by atoms with Gasteiger partial charge in [-0.3, -0.25) is 4.79 Å². The minimum atomic E-state index is -0.981. The molecule has 1 atom stereocenters. The van der Waals surface area contributed by atoms with Crippen LogP contribution >= 0.6 is 0 Å². The molecular formula is C13H17NO5. The maximum Gasteiger partial charge on any atom is 0.339 e. The summed E-state index contributed by atoms with van der Waals surface area (Å²) in [5, 5.41) is 0. The summed E-state index contributed by atoms with van der Waals surface area (Å²) in [6.45, 7) is 3.74. The van der Waals surface area contributed by atoms with Gasteiger partial charge in [0, 0.05) is 0 Å². The number of amides is 1. The van der Waals surface area contributed by atoms with Crippen LogP contribution in [0.1, 0.15) is 24.2 Å². The van der Waals surface area contributed by atoms with Crippen LogP contribution in [0.25, 0.3) is 0 Å². The van der Waals surface area contributed by atoms with Gasteiger partial charge in [-0.2, -0.15) is 0 Å². The van der Waals surface area contributed by atoms with Crippen LogP contribution in [-0.4, -0.2) is 31.7 Å². The third kappa shape index (κ3) is 3.87. The topological polar surface area (TPSA) is 87.9 Å². The molecule has 0 saturated carbocycles. The summed E-state index contributed by atoms with van der Waals surface area (Å²) in [6, 6.07) is 4.62. The number of esters is 1. The van der Waals surface area contributed by atoms with Crippen molar-refractivity contribution in [2.24, 2.45) is 5.73 Å². The fourth-order valence-corrected chi connectivity index (χ4v) is 1.36. The highest BCUT2D eigenvalue weighted by atomic mass is 16.5. The molecule has 19 heavy (non-hydrogen) atoms. The van der Waals surface area contributed by atoms with Crippen molar-refractivity contribution in [2.75, 3.05) is 13.7 Å². The molecule has 1 rings (SSSR count). The fourth-order valence-electron chi connectivity index (χ4n) is 1.36. The maximum absolute atomic E-state index is 11.8. The lowest BCUT2D eigenvalue weighted by molar-refractivity contribution is -0.125. The number of rotatable bonds is 6. The number of ether oxygens (including phenoxy) is 3. The fraction of sp³-hybridized carbons (Fsp3) is 0.385. The van der Waals surface area contributed by atoms with Crippen molar-refractivity contribution in [3.8, 4) is 11.5 Å². The van der Waals surface area contributed by atoms with E-state index in [-0.39, 0.29) is 5.56 Å². The van der Waals surface area contributed by atoms with Gasteiger partial charge in [-0.15, -0.1) is 0 Å². The molecule has 1 amide bonds. The van der Waals surface area contributed by atoms with Crippen molar-refractivity contribution >= 4 is 11.9 Å². The van der Waals surface area contributed by atoms with Gasteiger partial charge in [0.15, 0.2) is 17.6 Å². The Hall–Kier alpha value is -2.24. The number of hydrogen-bond donors (Lipinski definition) is 1. The molecule has 0 aliphatic heterocycles. The maximum atomic E-state index is 11.8. The van der Waals surface area contributed by atoms with Crippen LogP contribution in [0.2, 0.25) is 0 Å². The van der Waals surface area contributed by atoms with E-state index in [0.29, 0.717) is 18.1 Å². The predicted molar refractivity (Wildman–Crippen MR) is 68.2 cm³/mol. The number of nitrogens with two attached hydrogens (primary N) is 1. The Morgan fingerprint density at radius 1 is 1.32 bits per heavy atom. The Morgan fingerprint density at radius 2 is 2.00 bits per heavy atom. The summed E-state index contributed by atoms with van der Waals surface area (Å²) >= 11 is 0. The van der Waals surface area contributed by atoms with Crippen LogP contribution in [-0.2, 0) is 9.53 Å². The van der Waals surface area contributed by atoms with Crippen LogP contribution in [0.15, 0.2) is 18.2 Å². The highest BCUT2D eigenvalue weighted by molar-refractivity contribution is 5.92. The van der Waals surface area contributed by atoms with Gasteiger partial charge in [0.2, 0.25) is 0 Å². The van der Waals surface area contributed by atoms with Crippen LogP contribution < -0.4 is 15.2 Å². The van der Waals surface area contributed by atoms with E-state index in [1.807, 2.05) is 6.92 Å². The van der Waals surface area contributed by atoms with Crippen LogP contribution in [0, 0.1) is 0 Å². The SMILES string of the molecule is CCOc1ccc(C(=O)O[C@H](C)C(N)=O)cc1OC. The Labute approximate surface area is 111 Å². The summed E-state index contributed by atoms with van der Waals surface area (Å²) < 4.78 is 15.3. The zero-order valence-electron chi connectivity index (χ0n) is 11.1. The summed E-state index contributed by atoms with van der Waals surface area (Å²) in [5.41, 5.74) is 5.28. The molecule has 0 aromatic heterocycles. The standard InChI is InChI=1S/C13H17NO5/c1-4-18-10-6-5-9(7-11(10)17-3)13(16)19-8(2)12(14)15/h5-8H,4H2,1-3H3,(H2,14,15)/t8-/m1/s1. The quantitative estimate of drug-likeness (QED) is 0.780. The molecule has 6 heteroatoms. The molecule has 104 valence electrons. The third-order valence-electron chi connectivity index (χ3n) is 2.38. The van der Waals surface area contributed by atoms with E-state index >= 15 is 0 Å². The Morgan fingerprint density at radius 3 is 2.53 bits per heavy atom. The second-order valence-electron chi connectivity index (χ2n) is 3.75. The van der Waals surface area contributed by atoms with Gasteiger partial charge in [0.25, 0.3) is 5.91 Å². The number of hydrogen-bond acceptors (Lipinski definition) is 5. The van der Waals surface area contributed by atoms with Crippen LogP contribution in [0.3, 0.4) is 0 Å². The van der Waals surface area contributed by atoms with Gasteiger partial charge >= 0.3 is 5.97 Å². The van der Waals surface area contributed by atoms with E-state index in [2.05, 4.69) is 0 Å². The van der Waals surface area contributed by atoms with Crippen molar-refractivity contribution in [1.29, 1.82) is 0 Å². The van der Waals surface area contributed by atoms with E-state index in [9.17, 15) is 9.59 Å². The molecule has 1 aromatic rings. The average Bonchev–Trinajstić information content (AvgIpc) is 2.39. The molecule has 6 nitrogen and oxygen atoms in total.